The summed E-state index contributed by atoms with van der Waals surface area (Å²) in [5.74, 6) is 1.19. The quantitative estimate of drug-likeness (QED) is 0.914. The van der Waals surface area contributed by atoms with Crippen molar-refractivity contribution in [2.45, 2.75) is 33.1 Å². The molecule has 0 atom stereocenters. The molecule has 0 aliphatic carbocycles. The Kier molecular flexibility index (Phi) is 5.00. The summed E-state index contributed by atoms with van der Waals surface area (Å²) in [7, 11) is 0. The first-order valence-corrected chi connectivity index (χ1v) is 8.59. The molecule has 0 spiro atoms. The normalized spacial score (nSPS) is 14.5. The third kappa shape index (κ3) is 3.85. The highest BCUT2D eigenvalue weighted by atomic mass is 35.5. The zero-order valence-corrected chi connectivity index (χ0v) is 14.7. The molecule has 0 saturated carbocycles. The lowest BCUT2D eigenvalue weighted by molar-refractivity contribution is 0.102. The van der Waals surface area contributed by atoms with Gasteiger partial charge in [0.2, 0.25) is 0 Å². The zero-order chi connectivity index (χ0) is 17.1. The topological polar surface area (TPSA) is 58.1 Å². The van der Waals surface area contributed by atoms with Gasteiger partial charge in [0.1, 0.15) is 17.3 Å². The number of carbonyl (C=O) groups excluding carboxylic acids is 1. The summed E-state index contributed by atoms with van der Waals surface area (Å²) in [5.41, 5.74) is 2.03. The predicted octanol–water partition coefficient (Wildman–Crippen LogP) is 3.99. The molecule has 1 aliphatic rings. The van der Waals surface area contributed by atoms with Gasteiger partial charge in [-0.3, -0.25) is 4.79 Å². The number of aromatic nitrogens is 2. The molecular weight excluding hydrogens is 324 g/mol. The lowest BCUT2D eigenvalue weighted by Crippen LogP contribution is -2.31. The first-order chi connectivity index (χ1) is 11.5. The molecule has 1 aromatic heterocycles. The van der Waals surface area contributed by atoms with Crippen LogP contribution in [0.1, 0.15) is 41.1 Å². The molecule has 2 aromatic rings. The second kappa shape index (κ2) is 7.18. The monoisotopic (exact) mass is 344 g/mol. The largest absolute Gasteiger partial charge is 0.356 e. The summed E-state index contributed by atoms with van der Waals surface area (Å²) >= 11 is 6.01. The van der Waals surface area contributed by atoms with Gasteiger partial charge in [-0.25, -0.2) is 9.97 Å². The van der Waals surface area contributed by atoms with Gasteiger partial charge in [0, 0.05) is 29.9 Å². The van der Waals surface area contributed by atoms with E-state index in [1.54, 1.807) is 18.2 Å². The highest BCUT2D eigenvalue weighted by molar-refractivity contribution is 6.31. The molecule has 6 heteroatoms. The minimum Gasteiger partial charge on any atom is -0.356 e. The standard InChI is InChI=1S/C18H21ClN4O/c1-12-6-7-14(19)10-15(12)22-18(24)16-11-17(21-13(2)20-16)23-8-4-3-5-9-23/h6-7,10-11H,3-5,8-9H2,1-2H3,(H,22,24). The van der Waals surface area contributed by atoms with Gasteiger partial charge in [-0.15, -0.1) is 0 Å². The highest BCUT2D eigenvalue weighted by Gasteiger charge is 2.17. The lowest BCUT2D eigenvalue weighted by Gasteiger charge is -2.28. The Bertz CT molecular complexity index is 757. The number of nitrogens with one attached hydrogen (secondary N) is 1. The average Bonchev–Trinajstić information content (AvgIpc) is 2.58. The molecule has 1 N–H and O–H groups in total. The molecule has 1 amide bonds. The molecule has 2 heterocycles. The van der Waals surface area contributed by atoms with Gasteiger partial charge in [-0.1, -0.05) is 17.7 Å². The van der Waals surface area contributed by atoms with Gasteiger partial charge in [0.05, 0.1) is 0 Å². The molecule has 126 valence electrons. The number of carbonyl (C=O) groups is 1. The van der Waals surface area contributed by atoms with E-state index in [2.05, 4.69) is 20.2 Å². The second-order valence-corrected chi connectivity index (χ2v) is 6.56. The Labute approximate surface area is 147 Å². The van der Waals surface area contributed by atoms with Crippen molar-refractivity contribution < 1.29 is 4.79 Å². The van der Waals surface area contributed by atoms with Crippen LogP contribution >= 0.6 is 11.6 Å². The van der Waals surface area contributed by atoms with Crippen LogP contribution in [0.3, 0.4) is 0 Å². The van der Waals surface area contributed by atoms with Crippen LogP contribution < -0.4 is 10.2 Å². The van der Waals surface area contributed by atoms with Gasteiger partial charge in [0.15, 0.2) is 0 Å². The van der Waals surface area contributed by atoms with Gasteiger partial charge < -0.3 is 10.2 Å². The number of piperidine rings is 1. The Morgan fingerprint density at radius 2 is 1.88 bits per heavy atom. The summed E-state index contributed by atoms with van der Waals surface area (Å²) in [6, 6.07) is 7.19. The molecule has 1 aromatic carbocycles. The van der Waals surface area contributed by atoms with Crippen molar-refractivity contribution >= 4 is 29.0 Å². The molecule has 0 bridgehead atoms. The number of hydrogen-bond acceptors (Lipinski definition) is 4. The number of halogens is 1. The van der Waals surface area contributed by atoms with Crippen molar-refractivity contribution in [3.8, 4) is 0 Å². The maximum atomic E-state index is 12.6. The van der Waals surface area contributed by atoms with E-state index in [1.165, 1.54) is 6.42 Å². The van der Waals surface area contributed by atoms with Crippen LogP contribution in [-0.2, 0) is 0 Å². The summed E-state index contributed by atoms with van der Waals surface area (Å²) in [6.45, 7) is 5.70. The number of anilines is 2. The van der Waals surface area contributed by atoms with E-state index in [-0.39, 0.29) is 5.91 Å². The van der Waals surface area contributed by atoms with E-state index >= 15 is 0 Å². The predicted molar refractivity (Wildman–Crippen MR) is 97.0 cm³/mol. The molecule has 1 aliphatic heterocycles. The van der Waals surface area contributed by atoms with E-state index in [1.807, 2.05) is 19.9 Å². The van der Waals surface area contributed by atoms with Crippen LogP contribution in [0.5, 0.6) is 0 Å². The number of aryl methyl sites for hydroxylation is 2. The van der Waals surface area contributed by atoms with E-state index in [9.17, 15) is 4.79 Å². The summed E-state index contributed by atoms with van der Waals surface area (Å²) in [6.07, 6.45) is 3.57. The Hall–Kier alpha value is -2.14. The van der Waals surface area contributed by atoms with E-state index in [0.29, 0.717) is 22.2 Å². The zero-order valence-electron chi connectivity index (χ0n) is 14.0. The van der Waals surface area contributed by atoms with E-state index < -0.39 is 0 Å². The minimum absolute atomic E-state index is 0.246. The molecule has 1 fully saturated rings. The number of hydrogen-bond donors (Lipinski definition) is 1. The third-order valence-corrected chi connectivity index (χ3v) is 4.42. The number of rotatable bonds is 3. The van der Waals surface area contributed by atoms with Crippen molar-refractivity contribution in [3.05, 3.63) is 46.4 Å². The fraction of sp³-hybridized carbons (Fsp3) is 0.389. The maximum absolute atomic E-state index is 12.6. The Morgan fingerprint density at radius 3 is 2.62 bits per heavy atom. The van der Waals surface area contributed by atoms with Crippen molar-refractivity contribution in [3.63, 3.8) is 0 Å². The van der Waals surface area contributed by atoms with Gasteiger partial charge in [-0.05, 0) is 50.8 Å². The van der Waals surface area contributed by atoms with E-state index in [4.69, 9.17) is 11.6 Å². The smallest absolute Gasteiger partial charge is 0.274 e. The lowest BCUT2D eigenvalue weighted by atomic mass is 10.1. The highest BCUT2D eigenvalue weighted by Crippen LogP contribution is 2.22. The van der Waals surface area contributed by atoms with Crippen LogP contribution in [0.2, 0.25) is 5.02 Å². The average molecular weight is 345 g/mol. The molecule has 24 heavy (non-hydrogen) atoms. The van der Waals surface area contributed by atoms with Crippen LogP contribution in [-0.4, -0.2) is 29.0 Å². The molecular formula is C18H21ClN4O. The van der Waals surface area contributed by atoms with Crippen LogP contribution in [0, 0.1) is 13.8 Å². The summed E-state index contributed by atoms with van der Waals surface area (Å²) in [4.78, 5) is 23.6. The first kappa shape index (κ1) is 16.7. The van der Waals surface area contributed by atoms with Crippen molar-refractivity contribution in [1.29, 1.82) is 0 Å². The van der Waals surface area contributed by atoms with Crippen LogP contribution in [0.15, 0.2) is 24.3 Å². The summed E-state index contributed by atoms with van der Waals surface area (Å²) < 4.78 is 0. The van der Waals surface area contributed by atoms with Crippen molar-refractivity contribution in [1.82, 2.24) is 9.97 Å². The summed E-state index contributed by atoms with van der Waals surface area (Å²) in [5, 5.41) is 3.48. The van der Waals surface area contributed by atoms with Crippen molar-refractivity contribution in [2.75, 3.05) is 23.3 Å². The fourth-order valence-corrected chi connectivity index (χ4v) is 3.04. The van der Waals surface area contributed by atoms with Crippen molar-refractivity contribution in [2.24, 2.45) is 0 Å². The molecule has 3 rings (SSSR count). The molecule has 5 nitrogen and oxygen atoms in total. The van der Waals surface area contributed by atoms with Crippen LogP contribution in [0.4, 0.5) is 11.5 Å². The first-order valence-electron chi connectivity index (χ1n) is 8.21. The Morgan fingerprint density at radius 1 is 1.12 bits per heavy atom. The van der Waals surface area contributed by atoms with Gasteiger partial charge >= 0.3 is 0 Å². The fourth-order valence-electron chi connectivity index (χ4n) is 2.87. The maximum Gasteiger partial charge on any atom is 0.274 e. The third-order valence-electron chi connectivity index (χ3n) is 4.18. The number of benzene rings is 1. The molecule has 0 unspecified atom stereocenters. The van der Waals surface area contributed by atoms with Gasteiger partial charge in [0.25, 0.3) is 5.91 Å². The minimum atomic E-state index is -0.246. The van der Waals surface area contributed by atoms with Crippen LogP contribution in [0.25, 0.3) is 0 Å². The molecule has 0 radical (unpaired) electrons. The SMILES string of the molecule is Cc1nc(C(=O)Nc2cc(Cl)ccc2C)cc(N2CCCCC2)n1. The number of nitrogens with zero attached hydrogens (tertiary/aromatic N) is 3. The second-order valence-electron chi connectivity index (χ2n) is 6.12. The Balaban J connectivity index is 1.84. The van der Waals surface area contributed by atoms with Gasteiger partial charge in [-0.2, -0.15) is 0 Å². The molecule has 1 saturated heterocycles. The number of amides is 1. The van der Waals surface area contributed by atoms with E-state index in [0.717, 1.165) is 37.3 Å².